The highest BCUT2D eigenvalue weighted by molar-refractivity contribution is 6.31. The van der Waals surface area contributed by atoms with Crippen LogP contribution in [0.25, 0.3) is 11.1 Å². The van der Waals surface area contributed by atoms with E-state index in [4.69, 9.17) is 11.6 Å². The maximum atomic E-state index is 10.9. The second-order valence-electron chi connectivity index (χ2n) is 4.55. The van der Waals surface area contributed by atoms with Gasteiger partial charge in [-0.2, -0.15) is 0 Å². The molecule has 0 aromatic heterocycles. The minimum Gasteiger partial charge on any atom is -0.298 e. The molecule has 18 heavy (non-hydrogen) atoms. The Labute approximate surface area is 112 Å². The van der Waals surface area contributed by atoms with Crippen molar-refractivity contribution in [1.29, 1.82) is 0 Å². The highest BCUT2D eigenvalue weighted by atomic mass is 35.5. The molecule has 0 aliphatic rings. The maximum absolute atomic E-state index is 10.9. The predicted octanol–water partition coefficient (Wildman–Crippen LogP) is 4.74. The summed E-state index contributed by atoms with van der Waals surface area (Å²) in [5.41, 5.74) is 6.16. The summed E-state index contributed by atoms with van der Waals surface area (Å²) in [4.78, 5) is 10.9. The summed E-state index contributed by atoms with van der Waals surface area (Å²) < 4.78 is 0. The summed E-state index contributed by atoms with van der Waals surface area (Å²) >= 11 is 6.16. The van der Waals surface area contributed by atoms with E-state index in [-0.39, 0.29) is 0 Å². The minimum atomic E-state index is 0.746. The highest BCUT2D eigenvalue weighted by Crippen LogP contribution is 2.31. The van der Waals surface area contributed by atoms with Crippen molar-refractivity contribution >= 4 is 17.9 Å². The average molecular weight is 259 g/mol. The Morgan fingerprint density at radius 3 is 2.39 bits per heavy atom. The quantitative estimate of drug-likeness (QED) is 0.711. The Morgan fingerprint density at radius 1 is 1.00 bits per heavy atom. The Bertz CT molecular complexity index is 615. The van der Waals surface area contributed by atoms with Gasteiger partial charge in [0.15, 0.2) is 0 Å². The monoisotopic (exact) mass is 258 g/mol. The molecule has 2 heteroatoms. The van der Waals surface area contributed by atoms with Gasteiger partial charge in [0, 0.05) is 10.6 Å². The number of carbonyl (C=O) groups excluding carboxylic acids is 1. The topological polar surface area (TPSA) is 17.1 Å². The van der Waals surface area contributed by atoms with Gasteiger partial charge in [-0.1, -0.05) is 29.8 Å². The van der Waals surface area contributed by atoms with Gasteiger partial charge in [0.05, 0.1) is 0 Å². The zero-order valence-corrected chi connectivity index (χ0v) is 11.5. The first-order valence-electron chi connectivity index (χ1n) is 5.86. The van der Waals surface area contributed by atoms with E-state index >= 15 is 0 Å². The van der Waals surface area contributed by atoms with Gasteiger partial charge in [0.25, 0.3) is 0 Å². The van der Waals surface area contributed by atoms with Crippen molar-refractivity contribution in [2.75, 3.05) is 0 Å². The van der Waals surface area contributed by atoms with Gasteiger partial charge in [-0.05, 0) is 60.7 Å². The lowest BCUT2D eigenvalue weighted by atomic mass is 9.93. The zero-order chi connectivity index (χ0) is 13.3. The number of hydrogen-bond donors (Lipinski definition) is 0. The molecular weight excluding hydrogens is 244 g/mol. The molecule has 0 saturated heterocycles. The maximum Gasteiger partial charge on any atom is 0.150 e. The number of benzene rings is 2. The van der Waals surface area contributed by atoms with Crippen LogP contribution in [0.4, 0.5) is 0 Å². The lowest BCUT2D eigenvalue weighted by Gasteiger charge is -2.12. The number of rotatable bonds is 2. The standard InChI is InChI=1S/C16H15ClO/c1-10-8-15(11(2)7-13(10)9-18)14-5-4-6-16(17)12(14)3/h4-9H,1-3H3. The summed E-state index contributed by atoms with van der Waals surface area (Å²) in [7, 11) is 0. The second kappa shape index (κ2) is 4.95. The van der Waals surface area contributed by atoms with Crippen molar-refractivity contribution < 1.29 is 4.79 Å². The Kier molecular flexibility index (Phi) is 3.53. The summed E-state index contributed by atoms with van der Waals surface area (Å²) in [5.74, 6) is 0. The Balaban J connectivity index is 2.68. The molecule has 0 aliphatic heterocycles. The van der Waals surface area contributed by atoms with Crippen LogP contribution >= 0.6 is 11.6 Å². The molecule has 2 aromatic carbocycles. The summed E-state index contributed by atoms with van der Waals surface area (Å²) in [6, 6.07) is 9.88. The van der Waals surface area contributed by atoms with Crippen LogP contribution in [0, 0.1) is 20.8 Å². The minimum absolute atomic E-state index is 0.746. The molecule has 1 nitrogen and oxygen atoms in total. The van der Waals surface area contributed by atoms with E-state index < -0.39 is 0 Å². The van der Waals surface area contributed by atoms with E-state index in [0.717, 1.165) is 44.7 Å². The molecule has 0 aliphatic carbocycles. The van der Waals surface area contributed by atoms with Crippen LogP contribution in [0.15, 0.2) is 30.3 Å². The van der Waals surface area contributed by atoms with Gasteiger partial charge in [0.1, 0.15) is 6.29 Å². The Hall–Kier alpha value is -1.60. The third-order valence-corrected chi connectivity index (χ3v) is 3.71. The van der Waals surface area contributed by atoms with E-state index in [1.54, 1.807) is 0 Å². The van der Waals surface area contributed by atoms with Crippen LogP contribution < -0.4 is 0 Å². The molecule has 0 radical (unpaired) electrons. The number of carbonyl (C=O) groups is 1. The average Bonchev–Trinajstić information content (AvgIpc) is 2.35. The van der Waals surface area contributed by atoms with Crippen LogP contribution in [0.3, 0.4) is 0 Å². The summed E-state index contributed by atoms with van der Waals surface area (Å²) in [5, 5.41) is 0.768. The number of aldehydes is 1. The number of halogens is 1. The lowest BCUT2D eigenvalue weighted by molar-refractivity contribution is 0.112. The second-order valence-corrected chi connectivity index (χ2v) is 4.96. The van der Waals surface area contributed by atoms with Crippen molar-refractivity contribution in [1.82, 2.24) is 0 Å². The fraction of sp³-hybridized carbons (Fsp3) is 0.188. The molecule has 0 heterocycles. The molecule has 0 atom stereocenters. The van der Waals surface area contributed by atoms with E-state index in [1.807, 2.05) is 39.0 Å². The molecule has 2 rings (SSSR count). The van der Waals surface area contributed by atoms with Crippen molar-refractivity contribution in [2.24, 2.45) is 0 Å². The fourth-order valence-electron chi connectivity index (χ4n) is 2.15. The molecule has 92 valence electrons. The molecule has 0 N–H and O–H groups in total. The first-order chi connectivity index (χ1) is 8.54. The third-order valence-electron chi connectivity index (χ3n) is 3.30. The van der Waals surface area contributed by atoms with Crippen LogP contribution in [0.2, 0.25) is 5.02 Å². The molecule has 0 bridgehead atoms. The van der Waals surface area contributed by atoms with Crippen LogP contribution in [-0.4, -0.2) is 6.29 Å². The van der Waals surface area contributed by atoms with Crippen LogP contribution in [-0.2, 0) is 0 Å². The summed E-state index contributed by atoms with van der Waals surface area (Å²) in [6.45, 7) is 5.98. The van der Waals surface area contributed by atoms with Crippen LogP contribution in [0.1, 0.15) is 27.0 Å². The Morgan fingerprint density at radius 2 is 1.72 bits per heavy atom. The van der Waals surface area contributed by atoms with E-state index in [1.165, 1.54) is 0 Å². The van der Waals surface area contributed by atoms with E-state index in [0.29, 0.717) is 0 Å². The largest absolute Gasteiger partial charge is 0.298 e. The SMILES string of the molecule is Cc1cc(-c2cccc(Cl)c2C)c(C)cc1C=O. The molecule has 2 aromatic rings. The van der Waals surface area contributed by atoms with Gasteiger partial charge in [-0.15, -0.1) is 0 Å². The zero-order valence-electron chi connectivity index (χ0n) is 10.8. The van der Waals surface area contributed by atoms with Crippen molar-refractivity contribution in [3.05, 3.63) is 57.6 Å². The molecular formula is C16H15ClO. The van der Waals surface area contributed by atoms with E-state index in [9.17, 15) is 4.79 Å². The first-order valence-corrected chi connectivity index (χ1v) is 6.24. The van der Waals surface area contributed by atoms with E-state index in [2.05, 4.69) is 12.1 Å². The van der Waals surface area contributed by atoms with Crippen molar-refractivity contribution in [3.63, 3.8) is 0 Å². The third kappa shape index (κ3) is 2.19. The molecule has 0 fully saturated rings. The van der Waals surface area contributed by atoms with Gasteiger partial charge in [-0.3, -0.25) is 4.79 Å². The number of hydrogen-bond acceptors (Lipinski definition) is 1. The summed E-state index contributed by atoms with van der Waals surface area (Å²) in [6.07, 6.45) is 0.900. The normalized spacial score (nSPS) is 10.4. The van der Waals surface area contributed by atoms with Gasteiger partial charge >= 0.3 is 0 Å². The van der Waals surface area contributed by atoms with Crippen molar-refractivity contribution in [2.45, 2.75) is 20.8 Å². The smallest absolute Gasteiger partial charge is 0.150 e. The highest BCUT2D eigenvalue weighted by Gasteiger charge is 2.09. The lowest BCUT2D eigenvalue weighted by Crippen LogP contribution is -1.93. The van der Waals surface area contributed by atoms with Crippen LogP contribution in [0.5, 0.6) is 0 Å². The molecule has 0 spiro atoms. The first kappa shape index (κ1) is 12.8. The van der Waals surface area contributed by atoms with Gasteiger partial charge < -0.3 is 0 Å². The molecule has 0 unspecified atom stereocenters. The number of aryl methyl sites for hydroxylation is 2. The molecule has 0 saturated carbocycles. The molecule has 0 amide bonds. The fourth-order valence-corrected chi connectivity index (χ4v) is 2.33. The van der Waals surface area contributed by atoms with Gasteiger partial charge in [0.2, 0.25) is 0 Å². The van der Waals surface area contributed by atoms with Gasteiger partial charge in [-0.25, -0.2) is 0 Å². The predicted molar refractivity (Wildman–Crippen MR) is 76.5 cm³/mol. The van der Waals surface area contributed by atoms with Crippen molar-refractivity contribution in [3.8, 4) is 11.1 Å².